The van der Waals surface area contributed by atoms with E-state index >= 15 is 0 Å². The molecule has 1 fully saturated rings. The number of aryl methyl sites for hydroxylation is 1. The quantitative estimate of drug-likeness (QED) is 0.225. The van der Waals surface area contributed by atoms with Crippen LogP contribution in [-0.4, -0.2) is 60.8 Å². The van der Waals surface area contributed by atoms with Gasteiger partial charge in [-0.15, -0.1) is 0 Å². The number of ether oxygens (including phenoxy) is 1. The van der Waals surface area contributed by atoms with Crippen LogP contribution in [0.25, 0.3) is 0 Å². The smallest absolute Gasteiger partial charge is 0.211 e. The van der Waals surface area contributed by atoms with Gasteiger partial charge in [0.1, 0.15) is 11.6 Å². The predicted molar refractivity (Wildman–Crippen MR) is 146 cm³/mol. The molecule has 0 aliphatic carbocycles. The second kappa shape index (κ2) is 10.8. The van der Waals surface area contributed by atoms with Crippen LogP contribution < -0.4 is 21.1 Å². The number of nitrogens with two attached hydrogens (primary N) is 2. The van der Waals surface area contributed by atoms with E-state index in [-0.39, 0.29) is 10.7 Å². The Morgan fingerprint density at radius 1 is 1.11 bits per heavy atom. The number of nitrogens with zero attached hydrogens (tertiary/aromatic N) is 4. The van der Waals surface area contributed by atoms with Crippen molar-refractivity contribution in [1.82, 2.24) is 14.3 Å². The Balaban J connectivity index is 1.49. The number of hydrogen-bond acceptors (Lipinski definition) is 9. The van der Waals surface area contributed by atoms with Gasteiger partial charge >= 0.3 is 0 Å². The van der Waals surface area contributed by atoms with Crippen LogP contribution in [0.1, 0.15) is 28.6 Å². The molecule has 1 aromatic carbocycles. The van der Waals surface area contributed by atoms with E-state index in [4.69, 9.17) is 44.8 Å². The number of halogens is 2. The Hall–Kier alpha value is -2.96. The maximum atomic E-state index is 11.7. The zero-order chi connectivity index (χ0) is 26.9. The van der Waals surface area contributed by atoms with Crippen molar-refractivity contribution in [3.05, 3.63) is 75.2 Å². The molecule has 1 aliphatic rings. The molecule has 0 unspecified atom stereocenters. The average Bonchev–Trinajstić information content (AvgIpc) is 2.87. The van der Waals surface area contributed by atoms with Crippen LogP contribution in [0, 0.1) is 12.3 Å². The van der Waals surface area contributed by atoms with Gasteiger partial charge in [0.25, 0.3) is 0 Å². The first-order valence-corrected chi connectivity index (χ1v) is 13.9. The minimum atomic E-state index is -3.21. The zero-order valence-electron chi connectivity index (χ0n) is 20.3. The van der Waals surface area contributed by atoms with Gasteiger partial charge in [-0.25, -0.2) is 13.4 Å². The van der Waals surface area contributed by atoms with Crippen molar-refractivity contribution in [2.75, 3.05) is 43.1 Å². The van der Waals surface area contributed by atoms with Crippen molar-refractivity contribution in [1.29, 1.82) is 5.41 Å². The van der Waals surface area contributed by atoms with Gasteiger partial charge in [0.15, 0.2) is 6.23 Å². The third-order valence-corrected chi connectivity index (χ3v) is 8.17. The van der Waals surface area contributed by atoms with E-state index in [2.05, 4.69) is 9.97 Å². The van der Waals surface area contributed by atoms with E-state index in [0.717, 1.165) is 0 Å². The maximum absolute atomic E-state index is 11.7. The minimum absolute atomic E-state index is 0.160. The molecule has 0 amide bonds. The third-order valence-electron chi connectivity index (χ3n) is 6.09. The fraction of sp³-hybridized carbons (Fsp3) is 0.292. The molecule has 2 aromatic heterocycles. The number of nitrogen functional groups attached to an aromatic ring is 1. The van der Waals surface area contributed by atoms with Gasteiger partial charge in [0, 0.05) is 61.0 Å². The molecule has 1 aliphatic heterocycles. The Bertz CT molecular complexity index is 1430. The molecular formula is C24H27Cl2N7O3S. The fourth-order valence-electron chi connectivity index (χ4n) is 4.00. The summed E-state index contributed by atoms with van der Waals surface area (Å²) in [5.41, 5.74) is 15.0. The molecule has 1 atom stereocenters. The summed E-state index contributed by atoms with van der Waals surface area (Å²) in [6.07, 6.45) is 3.31. The summed E-state index contributed by atoms with van der Waals surface area (Å²) in [5, 5.41) is 9.33. The molecule has 0 radical (unpaired) electrons. The van der Waals surface area contributed by atoms with Crippen molar-refractivity contribution in [3.63, 3.8) is 0 Å². The van der Waals surface area contributed by atoms with Gasteiger partial charge < -0.3 is 15.4 Å². The summed E-state index contributed by atoms with van der Waals surface area (Å²) in [6.45, 7) is 3.62. The first-order chi connectivity index (χ1) is 17.5. The molecule has 3 aromatic rings. The van der Waals surface area contributed by atoms with Crippen molar-refractivity contribution >= 4 is 50.4 Å². The van der Waals surface area contributed by atoms with Crippen molar-refractivity contribution in [2.45, 2.75) is 13.2 Å². The predicted octanol–water partition coefficient (Wildman–Crippen LogP) is 3.21. The number of pyridine rings is 2. The zero-order valence-corrected chi connectivity index (χ0v) is 22.6. The Kier molecular flexibility index (Phi) is 7.91. The van der Waals surface area contributed by atoms with Gasteiger partial charge in [-0.3, -0.25) is 16.1 Å². The molecule has 37 heavy (non-hydrogen) atoms. The first kappa shape index (κ1) is 27.1. The van der Waals surface area contributed by atoms with Crippen LogP contribution in [-0.2, 0) is 10.0 Å². The van der Waals surface area contributed by atoms with Crippen molar-refractivity contribution in [2.24, 2.45) is 5.73 Å². The molecule has 1 saturated heterocycles. The molecule has 3 heterocycles. The van der Waals surface area contributed by atoms with Crippen LogP contribution in [0.15, 0.2) is 42.7 Å². The van der Waals surface area contributed by atoms with Crippen LogP contribution in [0.3, 0.4) is 0 Å². The lowest BCUT2D eigenvalue weighted by Crippen LogP contribution is -2.48. The summed E-state index contributed by atoms with van der Waals surface area (Å²) in [7, 11) is -3.21. The van der Waals surface area contributed by atoms with Crippen molar-refractivity contribution < 1.29 is 13.2 Å². The van der Waals surface area contributed by atoms with E-state index in [1.807, 2.05) is 11.0 Å². The molecule has 0 bridgehead atoms. The normalized spacial score (nSPS) is 15.4. The molecule has 0 spiro atoms. The number of nitrogens with one attached hydrogen (secondary N) is 1. The van der Waals surface area contributed by atoms with Crippen LogP contribution in [0.5, 0.6) is 5.75 Å². The number of hydrogen-bond donors (Lipinski definition) is 3. The highest BCUT2D eigenvalue weighted by molar-refractivity contribution is 7.88. The molecule has 5 N–H and O–H groups in total. The highest BCUT2D eigenvalue weighted by Gasteiger charge is 2.24. The Morgan fingerprint density at radius 3 is 2.43 bits per heavy atom. The van der Waals surface area contributed by atoms with Gasteiger partial charge in [-0.2, -0.15) is 4.31 Å². The summed E-state index contributed by atoms with van der Waals surface area (Å²) in [6, 6.07) is 8.51. The van der Waals surface area contributed by atoms with E-state index in [1.165, 1.54) is 16.8 Å². The molecule has 13 heteroatoms. The van der Waals surface area contributed by atoms with E-state index in [0.29, 0.717) is 70.8 Å². The summed E-state index contributed by atoms with van der Waals surface area (Å²) < 4.78 is 30.8. The van der Waals surface area contributed by atoms with Crippen LogP contribution >= 0.6 is 23.2 Å². The highest BCUT2D eigenvalue weighted by Crippen LogP contribution is 2.33. The Labute approximate surface area is 225 Å². The summed E-state index contributed by atoms with van der Waals surface area (Å²) >= 11 is 12.6. The van der Waals surface area contributed by atoms with E-state index < -0.39 is 16.3 Å². The maximum Gasteiger partial charge on any atom is 0.211 e. The summed E-state index contributed by atoms with van der Waals surface area (Å²) in [5.74, 6) is 1.10. The third kappa shape index (κ3) is 5.97. The molecule has 4 rings (SSSR count). The van der Waals surface area contributed by atoms with Gasteiger partial charge in [-0.1, -0.05) is 23.2 Å². The number of anilines is 2. The number of rotatable bonds is 7. The largest absolute Gasteiger partial charge is 0.471 e. The standard InChI is InChI=1S/C24H27Cl2N7O3S/c1-14-22(26)21(18(25)13-30-14)24(29)36-16-4-5-19(27)17(11-16)23(28)15-3-6-20(31-12-15)32-7-9-33(10-8-32)37(2,34)35/h3-6,11-13,24,28H,7-10,27,29H2,1-2H3/t24-/m0/s1. The lowest BCUT2D eigenvalue weighted by molar-refractivity contribution is 0.214. The molecule has 0 saturated carbocycles. The first-order valence-electron chi connectivity index (χ1n) is 11.3. The fourth-order valence-corrected chi connectivity index (χ4v) is 5.38. The molecule has 10 nitrogen and oxygen atoms in total. The summed E-state index contributed by atoms with van der Waals surface area (Å²) in [4.78, 5) is 10.6. The lowest BCUT2D eigenvalue weighted by Gasteiger charge is -2.34. The van der Waals surface area contributed by atoms with Gasteiger partial charge in [-0.05, 0) is 37.3 Å². The second-order valence-corrected chi connectivity index (χ2v) is 11.4. The number of aromatic nitrogens is 2. The topological polar surface area (TPSA) is 152 Å². The van der Waals surface area contributed by atoms with Crippen molar-refractivity contribution in [3.8, 4) is 5.75 Å². The number of benzene rings is 1. The van der Waals surface area contributed by atoms with Gasteiger partial charge in [0.05, 0.1) is 27.7 Å². The average molecular weight is 564 g/mol. The highest BCUT2D eigenvalue weighted by atomic mass is 35.5. The van der Waals surface area contributed by atoms with Crippen LogP contribution in [0.2, 0.25) is 10.0 Å². The molecule has 196 valence electrons. The Morgan fingerprint density at radius 2 is 1.81 bits per heavy atom. The van der Waals surface area contributed by atoms with Crippen LogP contribution in [0.4, 0.5) is 11.5 Å². The number of piperazine rings is 1. The SMILES string of the molecule is Cc1ncc(Cl)c([C@@H](N)Oc2ccc(N)c(C(=N)c3ccc(N4CCN(S(C)(=O)=O)CC4)nc3)c2)c1Cl. The lowest BCUT2D eigenvalue weighted by atomic mass is 10.0. The number of sulfonamides is 1. The monoisotopic (exact) mass is 563 g/mol. The molecular weight excluding hydrogens is 537 g/mol. The second-order valence-electron chi connectivity index (χ2n) is 8.64. The van der Waals surface area contributed by atoms with E-state index in [9.17, 15) is 8.42 Å². The minimum Gasteiger partial charge on any atom is -0.471 e. The van der Waals surface area contributed by atoms with E-state index in [1.54, 1.807) is 37.4 Å². The van der Waals surface area contributed by atoms with Gasteiger partial charge in [0.2, 0.25) is 10.0 Å².